The molecule has 2 N–H and O–H groups in total. The molecule has 11 heteroatoms. The Balaban J connectivity index is 1.42. The number of hydrogen-bond acceptors (Lipinski definition) is 9. The second kappa shape index (κ2) is 11.8. The van der Waals surface area contributed by atoms with Gasteiger partial charge in [-0.15, -0.1) is 0 Å². The predicted molar refractivity (Wildman–Crippen MR) is 159 cm³/mol. The van der Waals surface area contributed by atoms with Crippen LogP contribution in [-0.2, 0) is 0 Å². The molecule has 0 fully saturated rings. The molecule has 1 amide bonds. The van der Waals surface area contributed by atoms with E-state index in [-0.39, 0.29) is 34.4 Å². The van der Waals surface area contributed by atoms with Gasteiger partial charge in [0, 0.05) is 41.3 Å². The number of anilines is 1. The van der Waals surface area contributed by atoms with Crippen LogP contribution in [0.5, 0.6) is 34.6 Å². The molecule has 3 aromatic heterocycles. The van der Waals surface area contributed by atoms with E-state index in [0.717, 1.165) is 11.6 Å². The number of rotatable bonds is 8. The number of aryl methyl sites for hydroxylation is 3. The molecule has 0 bridgehead atoms. The number of amides is 1. The Kier molecular flexibility index (Phi) is 7.98. The number of aromatic nitrogens is 3. The van der Waals surface area contributed by atoms with Crippen molar-refractivity contribution < 1.29 is 33.2 Å². The smallest absolute Gasteiger partial charge is 0.261 e. The van der Waals surface area contributed by atoms with Gasteiger partial charge >= 0.3 is 0 Å². The molecule has 0 atom stereocenters. The molecule has 0 saturated carbocycles. The molecule has 0 aliphatic rings. The van der Waals surface area contributed by atoms with Crippen molar-refractivity contribution >= 4 is 22.6 Å². The number of methoxy groups -OCH3 is 3. The van der Waals surface area contributed by atoms with Gasteiger partial charge in [-0.1, -0.05) is 6.07 Å². The molecule has 5 rings (SSSR count). The lowest BCUT2D eigenvalue weighted by molar-refractivity contribution is 0.102. The van der Waals surface area contributed by atoms with E-state index in [2.05, 4.69) is 20.3 Å². The fraction of sp³-hybridized carbons (Fsp3) is 0.188. The molecule has 43 heavy (non-hydrogen) atoms. The lowest BCUT2D eigenvalue weighted by Crippen LogP contribution is -2.15. The van der Waals surface area contributed by atoms with E-state index >= 15 is 4.39 Å². The summed E-state index contributed by atoms with van der Waals surface area (Å²) in [5, 5.41) is 13.9. The van der Waals surface area contributed by atoms with E-state index in [4.69, 9.17) is 18.9 Å². The number of carbonyl (C=O) groups is 1. The van der Waals surface area contributed by atoms with Gasteiger partial charge in [-0.2, -0.15) is 0 Å². The first-order valence-corrected chi connectivity index (χ1v) is 13.2. The fourth-order valence-corrected chi connectivity index (χ4v) is 4.84. The number of ether oxygens (including phenoxy) is 4. The molecule has 0 aliphatic heterocycles. The van der Waals surface area contributed by atoms with Crippen molar-refractivity contribution in [3.05, 3.63) is 83.1 Å². The highest BCUT2D eigenvalue weighted by Gasteiger charge is 2.23. The normalized spacial score (nSPS) is 10.9. The van der Waals surface area contributed by atoms with Crippen LogP contribution >= 0.6 is 0 Å². The van der Waals surface area contributed by atoms with Crippen LogP contribution in [0.2, 0.25) is 0 Å². The number of fused-ring (bicyclic) bond motifs is 1. The Morgan fingerprint density at radius 3 is 2.26 bits per heavy atom. The van der Waals surface area contributed by atoms with Gasteiger partial charge in [0.05, 0.1) is 32.5 Å². The van der Waals surface area contributed by atoms with E-state index in [1.807, 2.05) is 13.0 Å². The molecule has 5 aromatic rings. The van der Waals surface area contributed by atoms with Crippen LogP contribution < -0.4 is 24.3 Å². The van der Waals surface area contributed by atoms with Crippen LogP contribution in [0.25, 0.3) is 22.2 Å². The summed E-state index contributed by atoms with van der Waals surface area (Å²) in [7, 11) is 4.52. The topological polar surface area (TPSA) is 125 Å². The Labute approximate surface area is 247 Å². The minimum Gasteiger partial charge on any atom is -0.506 e. The first-order chi connectivity index (χ1) is 20.6. The Morgan fingerprint density at radius 1 is 0.837 bits per heavy atom. The highest BCUT2D eigenvalue weighted by molar-refractivity contribution is 6.08. The zero-order valence-corrected chi connectivity index (χ0v) is 24.4. The standard InChI is InChI=1S/C32H29FN4O6/c1-16-13-19(7-9-23(16)40-4)27-17(2)35-18(3)28(30(27)38)31(39)36-20-8-10-24(21(33)14-20)43-25-11-12-34-22-15-26(41-5)32(42-6)37-29(22)25/h7-15H,1-6H3,(H,35,38)(H,36,39). The summed E-state index contributed by atoms with van der Waals surface area (Å²) in [6.45, 7) is 5.26. The van der Waals surface area contributed by atoms with Crippen molar-refractivity contribution in [2.75, 3.05) is 26.6 Å². The predicted octanol–water partition coefficient (Wildman–Crippen LogP) is 6.53. The zero-order valence-electron chi connectivity index (χ0n) is 24.4. The molecule has 0 spiro atoms. The third kappa shape index (κ3) is 5.56. The van der Waals surface area contributed by atoms with E-state index in [1.54, 1.807) is 45.2 Å². The molecule has 10 nitrogen and oxygen atoms in total. The number of aromatic hydroxyl groups is 1. The van der Waals surface area contributed by atoms with Gasteiger partial charge in [0.2, 0.25) is 0 Å². The van der Waals surface area contributed by atoms with Crippen LogP contribution in [0, 0.1) is 26.6 Å². The molecule has 3 heterocycles. The van der Waals surface area contributed by atoms with Crippen molar-refractivity contribution in [2.45, 2.75) is 20.8 Å². The number of carbonyl (C=O) groups excluding carboxylic acids is 1. The van der Waals surface area contributed by atoms with Gasteiger partial charge in [-0.3, -0.25) is 14.8 Å². The molecule has 0 saturated heterocycles. The van der Waals surface area contributed by atoms with Gasteiger partial charge in [-0.25, -0.2) is 9.37 Å². The van der Waals surface area contributed by atoms with Crippen molar-refractivity contribution in [2.24, 2.45) is 0 Å². The average Bonchev–Trinajstić information content (AvgIpc) is 2.97. The van der Waals surface area contributed by atoms with E-state index in [1.165, 1.54) is 32.5 Å². The lowest BCUT2D eigenvalue weighted by atomic mass is 9.97. The monoisotopic (exact) mass is 584 g/mol. The van der Waals surface area contributed by atoms with Gasteiger partial charge in [-0.05, 0) is 56.2 Å². The Hall–Kier alpha value is -5.45. The van der Waals surface area contributed by atoms with Gasteiger partial charge in [0.15, 0.2) is 23.1 Å². The van der Waals surface area contributed by atoms with Crippen molar-refractivity contribution in [3.8, 4) is 45.8 Å². The maximum Gasteiger partial charge on any atom is 0.261 e. The summed E-state index contributed by atoms with van der Waals surface area (Å²) < 4.78 is 36.9. The number of hydrogen-bond donors (Lipinski definition) is 2. The number of nitrogens with zero attached hydrogens (tertiary/aromatic N) is 3. The number of benzene rings is 2. The minimum atomic E-state index is -0.736. The SMILES string of the molecule is COc1ccc(-c2c(C)nc(C)c(C(=O)Nc3ccc(Oc4ccnc5cc(OC)c(OC)nc45)c(F)c3)c2O)cc1C. The summed E-state index contributed by atoms with van der Waals surface area (Å²) in [4.78, 5) is 26.5. The largest absolute Gasteiger partial charge is 0.506 e. The molecular weight excluding hydrogens is 555 g/mol. The highest BCUT2D eigenvalue weighted by Crippen LogP contribution is 2.38. The molecular formula is C32H29FN4O6. The first-order valence-electron chi connectivity index (χ1n) is 13.2. The van der Waals surface area contributed by atoms with Crippen LogP contribution in [0.1, 0.15) is 27.3 Å². The Bertz CT molecular complexity index is 1880. The molecule has 0 radical (unpaired) electrons. The van der Waals surface area contributed by atoms with Gasteiger partial charge in [0.25, 0.3) is 11.8 Å². The summed E-state index contributed by atoms with van der Waals surface area (Å²) in [6.07, 6.45) is 1.50. The van der Waals surface area contributed by atoms with E-state index < -0.39 is 11.7 Å². The molecule has 220 valence electrons. The van der Waals surface area contributed by atoms with Crippen molar-refractivity contribution in [1.29, 1.82) is 0 Å². The van der Waals surface area contributed by atoms with Crippen LogP contribution in [0.4, 0.5) is 10.1 Å². The lowest BCUT2D eigenvalue weighted by Gasteiger charge is -2.16. The average molecular weight is 585 g/mol. The van der Waals surface area contributed by atoms with Gasteiger partial charge in [0.1, 0.15) is 22.6 Å². The molecule has 0 unspecified atom stereocenters. The highest BCUT2D eigenvalue weighted by atomic mass is 19.1. The minimum absolute atomic E-state index is 0.0199. The summed E-state index contributed by atoms with van der Waals surface area (Å²) in [6, 6.07) is 12.6. The second-order valence-corrected chi connectivity index (χ2v) is 9.64. The fourth-order valence-electron chi connectivity index (χ4n) is 4.84. The number of pyridine rings is 3. The third-order valence-corrected chi connectivity index (χ3v) is 6.87. The third-order valence-electron chi connectivity index (χ3n) is 6.87. The summed E-state index contributed by atoms with van der Waals surface area (Å²) in [5.41, 5.74) is 3.78. The Morgan fingerprint density at radius 2 is 1.58 bits per heavy atom. The van der Waals surface area contributed by atoms with E-state index in [9.17, 15) is 9.90 Å². The maximum absolute atomic E-state index is 15.2. The number of nitrogens with one attached hydrogen (secondary N) is 1. The van der Waals surface area contributed by atoms with Crippen LogP contribution in [0.3, 0.4) is 0 Å². The quantitative estimate of drug-likeness (QED) is 0.209. The van der Waals surface area contributed by atoms with Crippen molar-refractivity contribution in [3.63, 3.8) is 0 Å². The molecule has 2 aromatic carbocycles. The van der Waals surface area contributed by atoms with Gasteiger partial charge < -0.3 is 29.4 Å². The van der Waals surface area contributed by atoms with Crippen LogP contribution in [0.15, 0.2) is 54.7 Å². The second-order valence-electron chi connectivity index (χ2n) is 9.64. The van der Waals surface area contributed by atoms with Crippen molar-refractivity contribution in [1.82, 2.24) is 15.0 Å². The zero-order chi connectivity index (χ0) is 30.8. The summed E-state index contributed by atoms with van der Waals surface area (Å²) >= 11 is 0. The maximum atomic E-state index is 15.2. The van der Waals surface area contributed by atoms with E-state index in [0.29, 0.717) is 45.0 Å². The first kappa shape index (κ1) is 29.1. The summed E-state index contributed by atoms with van der Waals surface area (Å²) in [5.74, 6) is -0.154. The molecule has 0 aliphatic carbocycles. The number of halogens is 1. The van der Waals surface area contributed by atoms with Crippen LogP contribution in [-0.4, -0.2) is 47.3 Å².